The number of nitrogens with zero attached hydrogens (tertiary/aromatic N) is 4. The fraction of sp³-hybridized carbons (Fsp3) is 0.410. The van der Waals surface area contributed by atoms with Crippen LogP contribution in [0.2, 0.25) is 0 Å². The van der Waals surface area contributed by atoms with Gasteiger partial charge in [-0.15, -0.1) is 10.2 Å². The molecule has 1 saturated carbocycles. The summed E-state index contributed by atoms with van der Waals surface area (Å²) < 4.78 is 5.35. The number of carbonyl (C=O) groups excluding carboxylic acids is 4. The van der Waals surface area contributed by atoms with Gasteiger partial charge in [0.2, 0.25) is 23.5 Å². The SMILES string of the molecule is CN(C)CC(=O)Nc1ccccc1-c1ccc(CC(NC(=O)C2CCC(CNC(=O)OC(C)(C)C)CC2)C(=O)Nc2ccc(-c3nn[nH]n3)cc2)cc1. The molecule has 280 valence electrons. The van der Waals surface area contributed by atoms with E-state index in [4.69, 9.17) is 4.74 Å². The summed E-state index contributed by atoms with van der Waals surface area (Å²) in [5.74, 6) is -0.205. The van der Waals surface area contributed by atoms with Gasteiger partial charge in [-0.25, -0.2) is 4.79 Å². The Morgan fingerprint density at radius 2 is 1.57 bits per heavy atom. The molecular formula is C39H49N9O5. The first-order valence-electron chi connectivity index (χ1n) is 17.9. The molecule has 1 unspecified atom stereocenters. The number of benzene rings is 3. The van der Waals surface area contributed by atoms with E-state index in [1.807, 2.05) is 83.4 Å². The number of aromatic amines is 1. The Balaban J connectivity index is 1.26. The smallest absolute Gasteiger partial charge is 0.407 e. The summed E-state index contributed by atoms with van der Waals surface area (Å²) in [5, 5.41) is 25.8. The van der Waals surface area contributed by atoms with Gasteiger partial charge in [-0.1, -0.05) is 42.5 Å². The van der Waals surface area contributed by atoms with Gasteiger partial charge in [0.05, 0.1) is 6.54 Å². The van der Waals surface area contributed by atoms with Gasteiger partial charge in [0, 0.05) is 41.4 Å². The molecule has 0 spiro atoms. The van der Waals surface area contributed by atoms with Crippen molar-refractivity contribution in [2.45, 2.75) is 64.5 Å². The number of hydrogen-bond donors (Lipinski definition) is 5. The number of anilines is 2. The molecular weight excluding hydrogens is 674 g/mol. The van der Waals surface area contributed by atoms with Crippen molar-refractivity contribution in [3.63, 3.8) is 0 Å². The Labute approximate surface area is 309 Å². The predicted octanol–water partition coefficient (Wildman–Crippen LogP) is 5.03. The van der Waals surface area contributed by atoms with Crippen molar-refractivity contribution in [1.29, 1.82) is 0 Å². The van der Waals surface area contributed by atoms with Gasteiger partial charge < -0.3 is 30.9 Å². The Kier molecular flexibility index (Phi) is 12.9. The van der Waals surface area contributed by atoms with Crippen LogP contribution in [0.25, 0.3) is 22.5 Å². The Hall–Kier alpha value is -5.63. The van der Waals surface area contributed by atoms with Crippen LogP contribution in [0.3, 0.4) is 0 Å². The van der Waals surface area contributed by atoms with Crippen molar-refractivity contribution < 1.29 is 23.9 Å². The highest BCUT2D eigenvalue weighted by molar-refractivity contribution is 5.98. The van der Waals surface area contributed by atoms with Gasteiger partial charge in [-0.3, -0.25) is 14.4 Å². The molecule has 5 rings (SSSR count). The number of para-hydroxylation sites is 1. The number of aromatic nitrogens is 4. The van der Waals surface area contributed by atoms with Gasteiger partial charge in [0.1, 0.15) is 11.6 Å². The molecule has 14 heteroatoms. The van der Waals surface area contributed by atoms with Crippen LogP contribution in [0.5, 0.6) is 0 Å². The van der Waals surface area contributed by atoms with Crippen molar-refractivity contribution in [2.75, 3.05) is 37.8 Å². The molecule has 1 aromatic heterocycles. The summed E-state index contributed by atoms with van der Waals surface area (Å²) >= 11 is 0. The molecule has 1 aliphatic carbocycles. The fourth-order valence-corrected chi connectivity index (χ4v) is 6.26. The van der Waals surface area contributed by atoms with E-state index < -0.39 is 17.7 Å². The molecule has 1 fully saturated rings. The molecule has 5 N–H and O–H groups in total. The first-order chi connectivity index (χ1) is 25.3. The van der Waals surface area contributed by atoms with E-state index in [0.717, 1.165) is 35.1 Å². The number of tetrazole rings is 1. The van der Waals surface area contributed by atoms with E-state index in [1.54, 1.807) is 29.2 Å². The number of hydrogen-bond acceptors (Lipinski definition) is 9. The Morgan fingerprint density at radius 1 is 0.887 bits per heavy atom. The van der Waals surface area contributed by atoms with Crippen LogP contribution in [-0.4, -0.2) is 88.2 Å². The third-order valence-corrected chi connectivity index (χ3v) is 8.91. The molecule has 1 heterocycles. The van der Waals surface area contributed by atoms with Gasteiger partial charge in [-0.2, -0.15) is 5.21 Å². The van der Waals surface area contributed by atoms with Crippen molar-refractivity contribution in [3.05, 3.63) is 78.4 Å². The molecule has 0 bridgehead atoms. The minimum absolute atomic E-state index is 0.112. The molecule has 3 aromatic carbocycles. The van der Waals surface area contributed by atoms with Gasteiger partial charge in [-0.05, 0) is 113 Å². The summed E-state index contributed by atoms with van der Waals surface area (Å²) in [6.45, 7) is 6.22. The minimum Gasteiger partial charge on any atom is -0.444 e. The molecule has 14 nitrogen and oxygen atoms in total. The fourth-order valence-electron chi connectivity index (χ4n) is 6.26. The normalized spacial score (nSPS) is 16.3. The highest BCUT2D eigenvalue weighted by Gasteiger charge is 2.30. The minimum atomic E-state index is -0.852. The van der Waals surface area contributed by atoms with Gasteiger partial charge in [0.25, 0.3) is 0 Å². The largest absolute Gasteiger partial charge is 0.444 e. The predicted molar refractivity (Wildman–Crippen MR) is 203 cm³/mol. The average molecular weight is 724 g/mol. The monoisotopic (exact) mass is 723 g/mol. The van der Waals surface area contributed by atoms with Crippen LogP contribution in [0.15, 0.2) is 72.8 Å². The summed E-state index contributed by atoms with van der Waals surface area (Å²) in [5.41, 5.74) is 4.05. The zero-order valence-electron chi connectivity index (χ0n) is 30.9. The van der Waals surface area contributed by atoms with Crippen molar-refractivity contribution in [2.24, 2.45) is 11.8 Å². The second-order valence-electron chi connectivity index (χ2n) is 14.7. The maximum Gasteiger partial charge on any atom is 0.407 e. The molecule has 4 aromatic rings. The molecule has 1 aliphatic rings. The van der Waals surface area contributed by atoms with Crippen LogP contribution in [0.1, 0.15) is 52.0 Å². The maximum absolute atomic E-state index is 13.8. The van der Waals surface area contributed by atoms with E-state index in [0.29, 0.717) is 36.6 Å². The number of nitrogens with one attached hydrogen (secondary N) is 5. The first kappa shape index (κ1) is 38.6. The lowest BCUT2D eigenvalue weighted by molar-refractivity contribution is -0.130. The number of likely N-dealkylation sites (N-methyl/N-ethyl adjacent to an activating group) is 1. The standard InChI is InChI=1S/C39H49N9O5/c1-39(2,3)53-38(52)40-23-26-12-16-29(17-13-26)36(50)43-33(37(51)41-30-20-18-28(19-21-30)35-44-46-47-45-35)22-25-10-14-27(15-11-25)31-8-6-7-9-32(31)42-34(49)24-48(4)5/h6-11,14-15,18-21,26,29,33H,12-13,16-17,22-24H2,1-5H3,(H,40,52)(H,41,51)(H,42,49)(H,43,50)(H,44,45,46,47). The maximum atomic E-state index is 13.8. The summed E-state index contributed by atoms with van der Waals surface area (Å²) in [7, 11) is 3.68. The van der Waals surface area contributed by atoms with Crippen molar-refractivity contribution in [1.82, 2.24) is 36.2 Å². The van der Waals surface area contributed by atoms with Crippen LogP contribution in [-0.2, 0) is 25.5 Å². The zero-order valence-corrected chi connectivity index (χ0v) is 30.9. The number of rotatable bonds is 13. The van der Waals surface area contributed by atoms with Crippen LogP contribution < -0.4 is 21.3 Å². The second-order valence-corrected chi connectivity index (χ2v) is 14.7. The van der Waals surface area contributed by atoms with Crippen molar-refractivity contribution in [3.8, 4) is 22.5 Å². The topological polar surface area (TPSA) is 183 Å². The Morgan fingerprint density at radius 3 is 2.21 bits per heavy atom. The van der Waals surface area contributed by atoms with E-state index in [2.05, 4.69) is 41.9 Å². The molecule has 4 amide bonds. The van der Waals surface area contributed by atoms with Gasteiger partial charge in [0.15, 0.2) is 0 Å². The van der Waals surface area contributed by atoms with Crippen LogP contribution in [0.4, 0.5) is 16.2 Å². The third-order valence-electron chi connectivity index (χ3n) is 8.91. The Bertz CT molecular complexity index is 1830. The summed E-state index contributed by atoms with van der Waals surface area (Å²) in [4.78, 5) is 53.9. The molecule has 0 saturated heterocycles. The van der Waals surface area contributed by atoms with Crippen molar-refractivity contribution >= 4 is 35.2 Å². The lowest BCUT2D eigenvalue weighted by Gasteiger charge is -2.29. The lowest BCUT2D eigenvalue weighted by atomic mass is 9.81. The summed E-state index contributed by atoms with van der Waals surface area (Å²) in [6.07, 6.45) is 2.66. The highest BCUT2D eigenvalue weighted by Crippen LogP contribution is 2.30. The lowest BCUT2D eigenvalue weighted by Crippen LogP contribution is -2.48. The number of amides is 4. The number of H-pyrrole nitrogens is 1. The van der Waals surface area contributed by atoms with E-state index in [1.165, 1.54) is 0 Å². The zero-order chi connectivity index (χ0) is 38.0. The molecule has 53 heavy (non-hydrogen) atoms. The number of alkyl carbamates (subject to hydrolysis) is 1. The van der Waals surface area contributed by atoms with E-state index >= 15 is 0 Å². The molecule has 1 atom stereocenters. The van der Waals surface area contributed by atoms with Crippen LogP contribution >= 0.6 is 0 Å². The molecule has 0 radical (unpaired) electrons. The number of carbonyl (C=O) groups is 4. The quantitative estimate of drug-likeness (QED) is 0.126. The average Bonchev–Trinajstić information content (AvgIpc) is 3.66. The second kappa shape index (κ2) is 17.7. The van der Waals surface area contributed by atoms with Crippen LogP contribution in [0, 0.1) is 11.8 Å². The van der Waals surface area contributed by atoms with E-state index in [-0.39, 0.29) is 42.5 Å². The van der Waals surface area contributed by atoms with E-state index in [9.17, 15) is 19.2 Å². The number of ether oxygens (including phenoxy) is 1. The highest BCUT2D eigenvalue weighted by atomic mass is 16.6. The first-order valence-corrected chi connectivity index (χ1v) is 17.9. The molecule has 0 aliphatic heterocycles. The summed E-state index contributed by atoms with van der Waals surface area (Å²) in [6, 6.07) is 21.6. The van der Waals surface area contributed by atoms with Gasteiger partial charge >= 0.3 is 6.09 Å². The third kappa shape index (κ3) is 11.7.